The van der Waals surface area contributed by atoms with Gasteiger partial charge >= 0.3 is 0 Å². The van der Waals surface area contributed by atoms with Gasteiger partial charge < -0.3 is 5.32 Å². The number of nitrogens with one attached hydrogen (secondary N) is 2. The average molecular weight is 394 g/mol. The van der Waals surface area contributed by atoms with E-state index in [9.17, 15) is 17.6 Å². The van der Waals surface area contributed by atoms with Crippen LogP contribution in [0.15, 0.2) is 77.7 Å². The lowest BCUT2D eigenvalue weighted by Crippen LogP contribution is -2.15. The van der Waals surface area contributed by atoms with E-state index in [1.54, 1.807) is 24.3 Å². The highest BCUT2D eigenvalue weighted by atomic mass is 32.2. The van der Waals surface area contributed by atoms with Crippen LogP contribution in [0.2, 0.25) is 0 Å². The molecule has 7 heteroatoms. The zero-order chi connectivity index (χ0) is 20.1. The van der Waals surface area contributed by atoms with E-state index in [0.717, 1.165) is 12.1 Å². The fourth-order valence-electron chi connectivity index (χ4n) is 2.41. The third kappa shape index (κ3) is 4.55. The predicted octanol–water partition coefficient (Wildman–Crippen LogP) is 3.86. The Morgan fingerprint density at radius 3 is 2.25 bits per heavy atom. The SMILES string of the molecule is C#Cc1cccc(NC(=O)c2ccc(S(=O)(=O)Nc3ccc(F)cc3)cc2)c1. The average Bonchev–Trinajstić information content (AvgIpc) is 2.70. The third-order valence-corrected chi connectivity index (χ3v) is 5.21. The molecule has 2 N–H and O–H groups in total. The van der Waals surface area contributed by atoms with Gasteiger partial charge in [0.05, 0.1) is 4.90 Å². The van der Waals surface area contributed by atoms with E-state index in [0.29, 0.717) is 11.3 Å². The molecule has 0 aliphatic heterocycles. The minimum absolute atomic E-state index is 0.0253. The first-order valence-corrected chi connectivity index (χ1v) is 9.62. The summed E-state index contributed by atoms with van der Waals surface area (Å²) in [5.74, 6) is 1.62. The van der Waals surface area contributed by atoms with Crippen LogP contribution in [-0.4, -0.2) is 14.3 Å². The van der Waals surface area contributed by atoms with Gasteiger partial charge in [0.15, 0.2) is 0 Å². The Morgan fingerprint density at radius 2 is 1.61 bits per heavy atom. The predicted molar refractivity (Wildman–Crippen MR) is 106 cm³/mol. The molecule has 0 heterocycles. The fourth-order valence-corrected chi connectivity index (χ4v) is 3.47. The maximum absolute atomic E-state index is 12.9. The molecule has 0 atom stereocenters. The van der Waals surface area contributed by atoms with Gasteiger partial charge in [0.25, 0.3) is 15.9 Å². The number of halogens is 1. The lowest BCUT2D eigenvalue weighted by Gasteiger charge is -2.09. The number of terminal acetylenes is 1. The number of hydrogen-bond acceptors (Lipinski definition) is 3. The molecule has 0 aromatic heterocycles. The van der Waals surface area contributed by atoms with E-state index >= 15 is 0 Å². The van der Waals surface area contributed by atoms with Crippen LogP contribution in [0.25, 0.3) is 0 Å². The summed E-state index contributed by atoms with van der Waals surface area (Å²) in [6.45, 7) is 0. The Kier molecular flexibility index (Phi) is 5.43. The molecule has 0 spiro atoms. The number of amides is 1. The first kappa shape index (κ1) is 19.1. The minimum Gasteiger partial charge on any atom is -0.322 e. The quantitative estimate of drug-likeness (QED) is 0.646. The number of anilines is 2. The van der Waals surface area contributed by atoms with Gasteiger partial charge in [-0.15, -0.1) is 6.42 Å². The number of carbonyl (C=O) groups is 1. The molecular weight excluding hydrogens is 379 g/mol. The van der Waals surface area contributed by atoms with Gasteiger partial charge in [-0.25, -0.2) is 12.8 Å². The van der Waals surface area contributed by atoms with E-state index in [1.807, 2.05) is 0 Å². The van der Waals surface area contributed by atoms with Crippen LogP contribution in [0.4, 0.5) is 15.8 Å². The smallest absolute Gasteiger partial charge is 0.261 e. The van der Waals surface area contributed by atoms with Crippen LogP contribution in [0.1, 0.15) is 15.9 Å². The van der Waals surface area contributed by atoms with Crippen molar-refractivity contribution < 1.29 is 17.6 Å². The highest BCUT2D eigenvalue weighted by Crippen LogP contribution is 2.18. The van der Waals surface area contributed by atoms with Crippen LogP contribution in [0.5, 0.6) is 0 Å². The maximum atomic E-state index is 12.9. The van der Waals surface area contributed by atoms with E-state index in [4.69, 9.17) is 6.42 Å². The van der Waals surface area contributed by atoms with Gasteiger partial charge in [-0.3, -0.25) is 9.52 Å². The zero-order valence-electron chi connectivity index (χ0n) is 14.5. The molecule has 3 rings (SSSR count). The van der Waals surface area contributed by atoms with Crippen LogP contribution < -0.4 is 10.0 Å². The van der Waals surface area contributed by atoms with E-state index in [-0.39, 0.29) is 16.1 Å². The second-order valence-electron chi connectivity index (χ2n) is 5.82. The second-order valence-corrected chi connectivity index (χ2v) is 7.50. The highest BCUT2D eigenvalue weighted by Gasteiger charge is 2.15. The standard InChI is InChI=1S/C21H15FN2O3S/c1-2-15-4-3-5-19(14-15)23-21(25)16-6-12-20(13-7-16)28(26,27)24-18-10-8-17(22)9-11-18/h1,3-14,24H,(H,23,25). The molecule has 0 fully saturated rings. The molecule has 3 aromatic rings. The molecule has 0 unspecified atom stereocenters. The molecule has 28 heavy (non-hydrogen) atoms. The topological polar surface area (TPSA) is 75.3 Å². The summed E-state index contributed by atoms with van der Waals surface area (Å²) in [7, 11) is -3.86. The first-order chi connectivity index (χ1) is 13.4. The monoisotopic (exact) mass is 394 g/mol. The van der Waals surface area contributed by atoms with Crippen LogP contribution in [0.3, 0.4) is 0 Å². The Balaban J connectivity index is 1.74. The van der Waals surface area contributed by atoms with Crippen LogP contribution in [0, 0.1) is 18.2 Å². The van der Waals surface area contributed by atoms with Crippen molar-refractivity contribution in [3.63, 3.8) is 0 Å². The Labute approximate surface area is 162 Å². The molecule has 140 valence electrons. The molecule has 0 saturated carbocycles. The molecule has 3 aromatic carbocycles. The Bertz CT molecular complexity index is 1150. The van der Waals surface area contributed by atoms with Gasteiger partial charge in [-0.05, 0) is 66.7 Å². The molecule has 0 aliphatic rings. The zero-order valence-corrected chi connectivity index (χ0v) is 15.3. The molecule has 5 nitrogen and oxygen atoms in total. The van der Waals surface area contributed by atoms with E-state index < -0.39 is 21.7 Å². The summed E-state index contributed by atoms with van der Waals surface area (Å²) < 4.78 is 40.1. The largest absolute Gasteiger partial charge is 0.322 e. The summed E-state index contributed by atoms with van der Waals surface area (Å²) in [5.41, 5.74) is 1.68. The lowest BCUT2D eigenvalue weighted by atomic mass is 10.2. The molecule has 1 amide bonds. The molecule has 0 saturated heterocycles. The third-order valence-electron chi connectivity index (χ3n) is 3.81. The van der Waals surface area contributed by atoms with Crippen molar-refractivity contribution in [2.45, 2.75) is 4.90 Å². The van der Waals surface area contributed by atoms with E-state index in [2.05, 4.69) is 16.0 Å². The summed E-state index contributed by atoms with van der Waals surface area (Å²) in [4.78, 5) is 12.3. The number of hydrogen-bond donors (Lipinski definition) is 2. The van der Waals surface area contributed by atoms with Crippen LogP contribution in [-0.2, 0) is 10.0 Å². The van der Waals surface area contributed by atoms with Crippen molar-refractivity contribution in [2.24, 2.45) is 0 Å². The van der Waals surface area contributed by atoms with Gasteiger partial charge in [0.1, 0.15) is 5.82 Å². The molecule has 0 aliphatic carbocycles. The summed E-state index contributed by atoms with van der Waals surface area (Å²) in [6, 6.07) is 17.2. The molecule has 0 bridgehead atoms. The van der Waals surface area contributed by atoms with Crippen molar-refractivity contribution >= 4 is 27.3 Å². The molecule has 0 radical (unpaired) electrons. The minimum atomic E-state index is -3.86. The number of benzene rings is 3. The van der Waals surface area contributed by atoms with Gasteiger partial charge in [0.2, 0.25) is 0 Å². The normalized spacial score (nSPS) is 10.7. The maximum Gasteiger partial charge on any atom is 0.261 e. The molecular formula is C21H15FN2O3S. The van der Waals surface area contributed by atoms with Gasteiger partial charge in [-0.2, -0.15) is 0 Å². The van der Waals surface area contributed by atoms with Gasteiger partial charge in [-0.1, -0.05) is 12.0 Å². The summed E-state index contributed by atoms with van der Waals surface area (Å²) in [6.07, 6.45) is 5.34. The first-order valence-electron chi connectivity index (χ1n) is 8.14. The number of carbonyl (C=O) groups excluding carboxylic acids is 1. The van der Waals surface area contributed by atoms with Gasteiger partial charge in [0, 0.05) is 22.5 Å². The van der Waals surface area contributed by atoms with Crippen molar-refractivity contribution in [3.05, 3.63) is 89.7 Å². The van der Waals surface area contributed by atoms with Crippen molar-refractivity contribution in [3.8, 4) is 12.3 Å². The van der Waals surface area contributed by atoms with Crippen molar-refractivity contribution in [2.75, 3.05) is 10.0 Å². The van der Waals surface area contributed by atoms with Crippen LogP contribution >= 0.6 is 0 Å². The Morgan fingerprint density at radius 1 is 0.929 bits per heavy atom. The van der Waals surface area contributed by atoms with Crippen molar-refractivity contribution in [1.82, 2.24) is 0 Å². The summed E-state index contributed by atoms with van der Waals surface area (Å²) in [5, 5.41) is 2.70. The Hall–Kier alpha value is -3.63. The van der Waals surface area contributed by atoms with E-state index in [1.165, 1.54) is 36.4 Å². The number of rotatable bonds is 5. The second kappa shape index (κ2) is 7.94. The fraction of sp³-hybridized carbons (Fsp3) is 0. The van der Waals surface area contributed by atoms with Crippen molar-refractivity contribution in [1.29, 1.82) is 0 Å². The summed E-state index contributed by atoms with van der Waals surface area (Å²) >= 11 is 0. The lowest BCUT2D eigenvalue weighted by molar-refractivity contribution is 0.102. The number of sulfonamides is 1. The highest BCUT2D eigenvalue weighted by molar-refractivity contribution is 7.92.